The molecule has 1 rings (SSSR count). The molecule has 1 heterocycles. The van der Waals surface area contributed by atoms with Gasteiger partial charge in [-0.25, -0.2) is 0 Å². The molecule has 1 aliphatic heterocycles. The van der Waals surface area contributed by atoms with Gasteiger partial charge in [0.2, 0.25) is 0 Å². The highest BCUT2D eigenvalue weighted by molar-refractivity contribution is 14.0. The van der Waals surface area contributed by atoms with Gasteiger partial charge in [-0.1, -0.05) is 13.8 Å². The summed E-state index contributed by atoms with van der Waals surface area (Å²) in [6.45, 7) is 11.1. The second kappa shape index (κ2) is 13.8. The number of nitrogens with one attached hydrogen (secondary N) is 2. The number of unbranched alkanes of at least 4 members (excludes halogenated alkanes) is 1. The van der Waals surface area contributed by atoms with Crippen LogP contribution in [-0.2, 0) is 0 Å². The van der Waals surface area contributed by atoms with Crippen LogP contribution in [-0.4, -0.2) is 80.3 Å². The number of hydrogen-bond acceptors (Lipinski definition) is 3. The molecule has 1 atom stereocenters. The Morgan fingerprint density at radius 1 is 1.19 bits per heavy atom. The van der Waals surface area contributed by atoms with Gasteiger partial charge in [-0.2, -0.15) is 13.2 Å². The van der Waals surface area contributed by atoms with E-state index in [9.17, 15) is 13.2 Å². The lowest BCUT2D eigenvalue weighted by Crippen LogP contribution is -2.45. The Bertz CT molecular complexity index is 389. The van der Waals surface area contributed by atoms with E-state index in [1.54, 1.807) is 0 Å². The van der Waals surface area contributed by atoms with Crippen LogP contribution in [0.2, 0.25) is 0 Å². The van der Waals surface area contributed by atoms with Crippen LogP contribution < -0.4 is 10.6 Å². The maximum Gasteiger partial charge on any atom is 0.401 e. The average molecular weight is 493 g/mol. The van der Waals surface area contributed by atoms with E-state index in [2.05, 4.69) is 34.4 Å². The second-order valence-electron chi connectivity index (χ2n) is 6.47. The number of aliphatic imine (C=N–C) groups is 1. The number of hydrogen-bond donors (Lipinski definition) is 2. The molecule has 1 fully saturated rings. The van der Waals surface area contributed by atoms with Crippen LogP contribution in [0.3, 0.4) is 0 Å². The Morgan fingerprint density at radius 3 is 2.46 bits per heavy atom. The lowest BCUT2D eigenvalue weighted by molar-refractivity contribution is -0.143. The first-order valence-electron chi connectivity index (χ1n) is 9.44. The monoisotopic (exact) mass is 493 g/mol. The van der Waals surface area contributed by atoms with Gasteiger partial charge in [-0.05, 0) is 45.8 Å². The van der Waals surface area contributed by atoms with Gasteiger partial charge in [0.15, 0.2) is 5.96 Å². The average Bonchev–Trinajstić information content (AvgIpc) is 2.96. The molecular weight excluding hydrogens is 458 g/mol. The smallest absolute Gasteiger partial charge is 0.357 e. The summed E-state index contributed by atoms with van der Waals surface area (Å²) in [5.74, 6) is 0.712. The number of likely N-dealkylation sites (tertiary alicyclic amines) is 1. The third-order valence-electron chi connectivity index (χ3n) is 4.41. The molecule has 9 heteroatoms. The zero-order valence-electron chi connectivity index (χ0n) is 16.2. The molecule has 0 radical (unpaired) electrons. The van der Waals surface area contributed by atoms with Crippen molar-refractivity contribution in [3.63, 3.8) is 0 Å². The third kappa shape index (κ3) is 11.4. The fourth-order valence-electron chi connectivity index (χ4n) is 3.04. The molecule has 0 aliphatic carbocycles. The Hall–Kier alpha value is -0.290. The van der Waals surface area contributed by atoms with E-state index < -0.39 is 12.7 Å². The van der Waals surface area contributed by atoms with Gasteiger partial charge in [0.05, 0.1) is 6.54 Å². The number of nitrogens with zero attached hydrogens (tertiary/aromatic N) is 3. The van der Waals surface area contributed by atoms with Crippen molar-refractivity contribution in [1.82, 2.24) is 20.4 Å². The van der Waals surface area contributed by atoms with Gasteiger partial charge in [0.25, 0.3) is 0 Å². The largest absolute Gasteiger partial charge is 0.401 e. The van der Waals surface area contributed by atoms with Crippen molar-refractivity contribution >= 4 is 29.9 Å². The van der Waals surface area contributed by atoms with E-state index in [4.69, 9.17) is 0 Å². The Labute approximate surface area is 173 Å². The minimum absolute atomic E-state index is 0. The van der Waals surface area contributed by atoms with E-state index in [0.717, 1.165) is 45.6 Å². The predicted octanol–water partition coefficient (Wildman–Crippen LogP) is 2.92. The third-order valence-corrected chi connectivity index (χ3v) is 4.41. The minimum atomic E-state index is -4.13. The van der Waals surface area contributed by atoms with Crippen molar-refractivity contribution < 1.29 is 13.2 Å². The molecule has 0 aromatic rings. The number of halogens is 4. The van der Waals surface area contributed by atoms with Crippen LogP contribution >= 0.6 is 24.0 Å². The summed E-state index contributed by atoms with van der Waals surface area (Å²) in [6.07, 6.45) is -1.30. The van der Waals surface area contributed by atoms with E-state index in [0.29, 0.717) is 25.5 Å². The molecule has 1 aliphatic rings. The first-order valence-corrected chi connectivity index (χ1v) is 9.44. The SMILES string of the molecule is CCNC(=NCCCCN(CC)CC)NC1CCN(CC(F)(F)F)C1.I. The van der Waals surface area contributed by atoms with Crippen LogP contribution in [0.1, 0.15) is 40.0 Å². The van der Waals surface area contributed by atoms with Crippen LogP contribution in [0, 0.1) is 0 Å². The van der Waals surface area contributed by atoms with E-state index >= 15 is 0 Å². The maximum absolute atomic E-state index is 12.5. The lowest BCUT2D eigenvalue weighted by atomic mass is 10.2. The van der Waals surface area contributed by atoms with E-state index in [1.807, 2.05) is 6.92 Å². The Kier molecular flexibility index (Phi) is 13.7. The van der Waals surface area contributed by atoms with Crippen LogP contribution in [0.4, 0.5) is 13.2 Å². The normalized spacial score (nSPS) is 18.9. The first-order chi connectivity index (χ1) is 11.9. The maximum atomic E-state index is 12.5. The molecule has 0 aromatic carbocycles. The molecule has 0 bridgehead atoms. The van der Waals surface area contributed by atoms with Gasteiger partial charge in [-0.15, -0.1) is 24.0 Å². The van der Waals surface area contributed by atoms with Crippen LogP contribution in [0.25, 0.3) is 0 Å². The molecule has 5 nitrogen and oxygen atoms in total. The van der Waals surface area contributed by atoms with Crippen molar-refractivity contribution in [2.24, 2.45) is 4.99 Å². The molecule has 0 spiro atoms. The number of rotatable bonds is 10. The second-order valence-corrected chi connectivity index (χ2v) is 6.47. The van der Waals surface area contributed by atoms with Gasteiger partial charge in [0, 0.05) is 32.2 Å². The van der Waals surface area contributed by atoms with Crippen molar-refractivity contribution in [2.45, 2.75) is 52.3 Å². The molecule has 0 aromatic heterocycles. The summed E-state index contributed by atoms with van der Waals surface area (Å²) in [4.78, 5) is 8.40. The summed E-state index contributed by atoms with van der Waals surface area (Å²) in [7, 11) is 0. The highest BCUT2D eigenvalue weighted by atomic mass is 127. The standard InChI is InChI=1S/C17H34F3N5.HI/c1-4-21-16(22-10-7-8-11-24(5-2)6-3)23-15-9-12-25(13-15)14-17(18,19)20;/h15H,4-14H2,1-3H3,(H2,21,22,23);1H. The van der Waals surface area contributed by atoms with Crippen molar-refractivity contribution in [3.8, 4) is 0 Å². The zero-order chi connectivity index (χ0) is 18.7. The molecule has 0 saturated carbocycles. The Morgan fingerprint density at radius 2 is 1.88 bits per heavy atom. The summed E-state index contributed by atoms with van der Waals surface area (Å²) in [6, 6.07) is 0.0239. The molecule has 156 valence electrons. The van der Waals surface area contributed by atoms with Crippen LogP contribution in [0.5, 0.6) is 0 Å². The fraction of sp³-hybridized carbons (Fsp3) is 0.941. The van der Waals surface area contributed by atoms with Crippen molar-refractivity contribution in [2.75, 3.05) is 52.4 Å². The number of alkyl halides is 3. The van der Waals surface area contributed by atoms with Gasteiger partial charge in [-0.3, -0.25) is 9.89 Å². The zero-order valence-corrected chi connectivity index (χ0v) is 18.6. The van der Waals surface area contributed by atoms with Crippen molar-refractivity contribution in [3.05, 3.63) is 0 Å². The highest BCUT2D eigenvalue weighted by Gasteiger charge is 2.34. The molecule has 0 amide bonds. The van der Waals surface area contributed by atoms with Gasteiger partial charge < -0.3 is 15.5 Å². The van der Waals surface area contributed by atoms with Crippen LogP contribution in [0.15, 0.2) is 4.99 Å². The Balaban J connectivity index is 0.00000625. The fourth-order valence-corrected chi connectivity index (χ4v) is 3.04. The quantitative estimate of drug-likeness (QED) is 0.213. The summed E-state index contributed by atoms with van der Waals surface area (Å²) in [5.41, 5.74) is 0. The van der Waals surface area contributed by atoms with Crippen molar-refractivity contribution in [1.29, 1.82) is 0 Å². The number of guanidine groups is 1. The summed E-state index contributed by atoms with van der Waals surface area (Å²) >= 11 is 0. The topological polar surface area (TPSA) is 42.9 Å². The van der Waals surface area contributed by atoms with Gasteiger partial charge >= 0.3 is 6.18 Å². The first kappa shape index (κ1) is 25.7. The lowest BCUT2D eigenvalue weighted by Gasteiger charge is -2.20. The minimum Gasteiger partial charge on any atom is -0.357 e. The molecule has 26 heavy (non-hydrogen) atoms. The molecule has 2 N–H and O–H groups in total. The van der Waals surface area contributed by atoms with Gasteiger partial charge in [0.1, 0.15) is 0 Å². The van der Waals surface area contributed by atoms with E-state index in [1.165, 1.54) is 4.90 Å². The highest BCUT2D eigenvalue weighted by Crippen LogP contribution is 2.19. The van der Waals surface area contributed by atoms with E-state index in [-0.39, 0.29) is 30.0 Å². The molecule has 1 saturated heterocycles. The predicted molar refractivity (Wildman–Crippen MR) is 112 cm³/mol. The summed E-state index contributed by atoms with van der Waals surface area (Å²) in [5, 5.41) is 6.46. The molecule has 1 unspecified atom stereocenters. The molecular formula is C17H35F3IN5. The summed E-state index contributed by atoms with van der Waals surface area (Å²) < 4.78 is 37.4.